The summed E-state index contributed by atoms with van der Waals surface area (Å²) in [6.45, 7) is 9.36. The number of H-pyrrole nitrogens is 1. The fourth-order valence-corrected chi connectivity index (χ4v) is 4.19. The lowest BCUT2D eigenvalue weighted by atomic mass is 9.92. The van der Waals surface area contributed by atoms with E-state index in [-0.39, 0.29) is 17.0 Å². The molecule has 9 heteroatoms. The maximum atomic E-state index is 13.1. The van der Waals surface area contributed by atoms with Crippen LogP contribution in [-0.2, 0) is 32.8 Å². The van der Waals surface area contributed by atoms with Crippen LogP contribution in [0.3, 0.4) is 0 Å². The topological polar surface area (TPSA) is 93.5 Å². The molecular weight excluding hydrogens is 393 g/mol. The fourth-order valence-electron chi connectivity index (χ4n) is 2.82. The van der Waals surface area contributed by atoms with Crippen LogP contribution in [0.15, 0.2) is 30.3 Å². The highest BCUT2D eigenvalue weighted by molar-refractivity contribution is 7.91. The third-order valence-corrected chi connectivity index (χ3v) is 7.44. The van der Waals surface area contributed by atoms with E-state index in [1.165, 1.54) is 24.3 Å². The molecule has 1 aromatic carbocycles. The number of benzene rings is 1. The Kier molecular flexibility index (Phi) is 5.15. The Morgan fingerprint density at radius 2 is 1.72 bits per heavy atom. The number of halogens is 1. The number of sulfone groups is 1. The first-order valence-electron chi connectivity index (χ1n) is 9.26. The van der Waals surface area contributed by atoms with Crippen molar-refractivity contribution >= 4 is 9.84 Å². The Hall–Kier alpha value is -2.55. The second kappa shape index (κ2) is 7.05. The van der Waals surface area contributed by atoms with Crippen LogP contribution in [0.2, 0.25) is 0 Å². The number of aryl methyl sites for hydroxylation is 1. The van der Waals surface area contributed by atoms with Gasteiger partial charge in [0.25, 0.3) is 0 Å². The minimum Gasteiger partial charge on any atom is -0.264 e. The smallest absolute Gasteiger partial charge is 0.199 e. The first-order valence-corrected chi connectivity index (χ1v) is 10.9. The van der Waals surface area contributed by atoms with Crippen molar-refractivity contribution in [2.45, 2.75) is 50.5 Å². The van der Waals surface area contributed by atoms with Gasteiger partial charge in [0.1, 0.15) is 22.1 Å². The molecule has 0 aliphatic rings. The van der Waals surface area contributed by atoms with Gasteiger partial charge in [-0.1, -0.05) is 32.9 Å². The Balaban J connectivity index is 1.92. The van der Waals surface area contributed by atoms with Gasteiger partial charge in [0.2, 0.25) is 0 Å². The van der Waals surface area contributed by atoms with Crippen LogP contribution < -0.4 is 0 Å². The van der Waals surface area contributed by atoms with Gasteiger partial charge in [0.05, 0.1) is 11.4 Å². The van der Waals surface area contributed by atoms with E-state index >= 15 is 0 Å². The van der Waals surface area contributed by atoms with Gasteiger partial charge in [-0.15, -0.1) is 0 Å². The van der Waals surface area contributed by atoms with E-state index in [9.17, 15) is 12.8 Å². The van der Waals surface area contributed by atoms with Crippen molar-refractivity contribution in [2.24, 2.45) is 7.05 Å². The molecule has 0 aliphatic heterocycles. The van der Waals surface area contributed by atoms with E-state index in [1.54, 1.807) is 25.6 Å². The molecule has 0 unspecified atom stereocenters. The largest absolute Gasteiger partial charge is 0.264 e. The molecular formula is C20H26FN5O2S. The van der Waals surface area contributed by atoms with Crippen LogP contribution in [-0.4, -0.2) is 33.4 Å². The number of nitrogens with one attached hydrogen (secondary N) is 1. The second-order valence-corrected chi connectivity index (χ2v) is 11.2. The molecule has 3 rings (SSSR count). The Labute approximate surface area is 170 Å². The number of hydrogen-bond acceptors (Lipinski definition) is 5. The minimum atomic E-state index is -3.65. The molecule has 0 saturated carbocycles. The van der Waals surface area contributed by atoms with E-state index < -0.39 is 20.4 Å². The van der Waals surface area contributed by atoms with Crippen molar-refractivity contribution in [3.05, 3.63) is 53.2 Å². The van der Waals surface area contributed by atoms with Crippen LogP contribution in [0.5, 0.6) is 0 Å². The molecule has 0 spiro atoms. The number of rotatable bonds is 5. The Bertz CT molecular complexity index is 1120. The summed E-state index contributed by atoms with van der Waals surface area (Å²) in [7, 11) is -1.85. The van der Waals surface area contributed by atoms with Gasteiger partial charge in [-0.25, -0.2) is 17.8 Å². The molecule has 156 valence electrons. The highest BCUT2D eigenvalue weighted by Gasteiger charge is 2.39. The Morgan fingerprint density at radius 1 is 1.10 bits per heavy atom. The average molecular weight is 420 g/mol. The van der Waals surface area contributed by atoms with Gasteiger partial charge in [-0.2, -0.15) is 10.2 Å². The number of nitrogens with zero attached hydrogens (tertiary/aromatic N) is 4. The molecule has 7 nitrogen and oxygen atoms in total. The van der Waals surface area contributed by atoms with E-state index in [2.05, 4.69) is 41.1 Å². The average Bonchev–Trinajstić information content (AvgIpc) is 3.23. The normalized spacial score (nSPS) is 13.1. The fraction of sp³-hybridized carbons (Fsp3) is 0.450. The third-order valence-electron chi connectivity index (χ3n) is 4.98. The number of hydrogen-bond donors (Lipinski definition) is 1. The summed E-state index contributed by atoms with van der Waals surface area (Å²) in [4.78, 5) is 4.46. The third kappa shape index (κ3) is 4.10. The first-order chi connectivity index (χ1) is 13.3. The van der Waals surface area contributed by atoms with Crippen molar-refractivity contribution in [2.75, 3.05) is 0 Å². The molecule has 29 heavy (non-hydrogen) atoms. The maximum Gasteiger partial charge on any atom is 0.199 e. The molecule has 0 amide bonds. The van der Waals surface area contributed by atoms with Crippen molar-refractivity contribution in [1.82, 2.24) is 25.0 Å². The van der Waals surface area contributed by atoms with Gasteiger partial charge in [-0.3, -0.25) is 9.78 Å². The lowest BCUT2D eigenvalue weighted by Crippen LogP contribution is -2.31. The van der Waals surface area contributed by atoms with Crippen molar-refractivity contribution in [1.29, 1.82) is 0 Å². The number of aromatic amines is 1. The molecule has 0 bridgehead atoms. The lowest BCUT2D eigenvalue weighted by molar-refractivity contribution is 0.543. The summed E-state index contributed by atoms with van der Waals surface area (Å²) < 4.78 is 39.6. The van der Waals surface area contributed by atoms with Crippen molar-refractivity contribution in [3.8, 4) is 11.5 Å². The SMILES string of the molecule is Cn1nc(C(C)(C)C)cc1-c1n[nH]c(C(C)(C)S(=O)(=O)Cc2ccc(F)cc2)n1. The van der Waals surface area contributed by atoms with Crippen LogP contribution in [0.25, 0.3) is 11.5 Å². The first kappa shape index (κ1) is 21.2. The zero-order valence-electron chi connectivity index (χ0n) is 17.5. The monoisotopic (exact) mass is 419 g/mol. The molecule has 2 aromatic heterocycles. The standard InChI is InChI=1S/C20H26FN5O2S/c1-19(2,3)16-11-15(26(6)25-16)17-22-18(24-23-17)20(4,5)29(27,28)12-13-7-9-14(21)10-8-13/h7-11H,12H2,1-6H3,(H,22,23,24). The van der Waals surface area contributed by atoms with Gasteiger partial charge in [-0.05, 0) is 37.6 Å². The van der Waals surface area contributed by atoms with E-state index in [4.69, 9.17) is 0 Å². The van der Waals surface area contributed by atoms with E-state index in [1.807, 2.05) is 6.07 Å². The van der Waals surface area contributed by atoms with Crippen LogP contribution in [0.1, 0.15) is 51.7 Å². The molecule has 2 heterocycles. The molecule has 0 atom stereocenters. The minimum absolute atomic E-state index is 0.132. The lowest BCUT2D eigenvalue weighted by Gasteiger charge is -2.22. The summed E-state index contributed by atoms with van der Waals surface area (Å²) in [5, 5.41) is 11.5. The molecule has 3 aromatic rings. The molecule has 0 aliphatic carbocycles. The summed E-state index contributed by atoms with van der Waals surface area (Å²) in [6, 6.07) is 7.35. The predicted octanol–water partition coefficient (Wildman–Crippen LogP) is 3.49. The molecule has 0 fully saturated rings. The van der Waals surface area contributed by atoms with Crippen molar-refractivity contribution in [3.63, 3.8) is 0 Å². The van der Waals surface area contributed by atoms with Gasteiger partial charge in [0.15, 0.2) is 15.7 Å². The highest BCUT2D eigenvalue weighted by atomic mass is 32.2. The summed E-state index contributed by atoms with van der Waals surface area (Å²) >= 11 is 0. The van der Waals surface area contributed by atoms with Crippen LogP contribution >= 0.6 is 0 Å². The second-order valence-electron chi connectivity index (χ2n) is 8.69. The van der Waals surface area contributed by atoms with Gasteiger partial charge < -0.3 is 0 Å². The quantitative estimate of drug-likeness (QED) is 0.683. The molecule has 0 radical (unpaired) electrons. The summed E-state index contributed by atoms with van der Waals surface area (Å²) in [5.74, 6) is -0.00399. The Morgan fingerprint density at radius 3 is 2.28 bits per heavy atom. The predicted molar refractivity (Wildman–Crippen MR) is 109 cm³/mol. The molecule has 0 saturated heterocycles. The van der Waals surface area contributed by atoms with Crippen molar-refractivity contribution < 1.29 is 12.8 Å². The van der Waals surface area contributed by atoms with E-state index in [0.717, 1.165) is 5.69 Å². The van der Waals surface area contributed by atoms with Crippen LogP contribution in [0.4, 0.5) is 4.39 Å². The molecule has 1 N–H and O–H groups in total. The number of aromatic nitrogens is 5. The summed E-state index contributed by atoms with van der Waals surface area (Å²) in [6.07, 6.45) is 0. The zero-order chi connectivity index (χ0) is 21.6. The highest BCUT2D eigenvalue weighted by Crippen LogP contribution is 2.32. The maximum absolute atomic E-state index is 13.1. The summed E-state index contributed by atoms with van der Waals surface area (Å²) in [5.41, 5.74) is 1.97. The van der Waals surface area contributed by atoms with Gasteiger partial charge in [0, 0.05) is 12.5 Å². The zero-order valence-corrected chi connectivity index (χ0v) is 18.3. The van der Waals surface area contributed by atoms with E-state index in [0.29, 0.717) is 17.1 Å². The van der Waals surface area contributed by atoms with Crippen LogP contribution in [0, 0.1) is 5.82 Å². The van der Waals surface area contributed by atoms with Gasteiger partial charge >= 0.3 is 0 Å².